The van der Waals surface area contributed by atoms with Gasteiger partial charge in [-0.05, 0) is 39.8 Å². The molecule has 1 heterocycles. The molecule has 0 aromatic rings. The third-order valence-corrected chi connectivity index (χ3v) is 2.33. The van der Waals surface area contributed by atoms with Gasteiger partial charge in [-0.2, -0.15) is 0 Å². The third-order valence-electron chi connectivity index (χ3n) is 2.33. The van der Waals surface area contributed by atoms with Gasteiger partial charge in [0.15, 0.2) is 0 Å². The van der Waals surface area contributed by atoms with E-state index >= 15 is 0 Å². The number of likely N-dealkylation sites (tertiary alicyclic amines) is 1. The number of hydrogen-bond donors (Lipinski definition) is 1. The summed E-state index contributed by atoms with van der Waals surface area (Å²) in [6, 6.07) is 1.19. The average molecular weight is 142 g/mol. The molecule has 0 aromatic heterocycles. The van der Waals surface area contributed by atoms with Gasteiger partial charge in [0.2, 0.25) is 0 Å². The summed E-state index contributed by atoms with van der Waals surface area (Å²) in [5.41, 5.74) is 5.64. The van der Waals surface area contributed by atoms with E-state index in [9.17, 15) is 0 Å². The summed E-state index contributed by atoms with van der Waals surface area (Å²) in [6.07, 6.45) is 2.52. The average Bonchev–Trinajstić information content (AvgIpc) is 1.84. The van der Waals surface area contributed by atoms with Crippen molar-refractivity contribution < 1.29 is 0 Å². The molecule has 10 heavy (non-hydrogen) atoms. The lowest BCUT2D eigenvalue weighted by atomic mass is 10.0. The SMILES string of the molecule is CC(N)CCN1CCC1C. The fraction of sp³-hybridized carbons (Fsp3) is 1.00. The van der Waals surface area contributed by atoms with Crippen molar-refractivity contribution in [1.29, 1.82) is 0 Å². The smallest absolute Gasteiger partial charge is 0.00791 e. The molecule has 0 saturated carbocycles. The Hall–Kier alpha value is -0.0800. The van der Waals surface area contributed by atoms with Crippen molar-refractivity contribution >= 4 is 0 Å². The Balaban J connectivity index is 2.03. The van der Waals surface area contributed by atoms with E-state index in [1.54, 1.807) is 0 Å². The molecule has 0 aromatic carbocycles. The first-order valence-corrected chi connectivity index (χ1v) is 4.20. The minimum absolute atomic E-state index is 0.368. The van der Waals surface area contributed by atoms with E-state index in [-0.39, 0.29) is 0 Å². The summed E-state index contributed by atoms with van der Waals surface area (Å²) in [7, 11) is 0. The van der Waals surface area contributed by atoms with Crippen LogP contribution in [0.4, 0.5) is 0 Å². The highest BCUT2D eigenvalue weighted by Crippen LogP contribution is 2.16. The minimum atomic E-state index is 0.368. The molecule has 1 aliphatic rings. The maximum absolute atomic E-state index is 5.64. The molecule has 0 bridgehead atoms. The molecular weight excluding hydrogens is 124 g/mol. The number of nitrogens with zero attached hydrogens (tertiary/aromatic N) is 1. The summed E-state index contributed by atoms with van der Waals surface area (Å²) >= 11 is 0. The molecule has 1 fully saturated rings. The Morgan fingerprint density at radius 2 is 2.40 bits per heavy atom. The van der Waals surface area contributed by atoms with Crippen molar-refractivity contribution in [2.75, 3.05) is 13.1 Å². The first kappa shape index (κ1) is 8.02. The molecule has 1 rings (SSSR count). The standard InChI is InChI=1S/C8H18N2/c1-7(9)3-5-10-6-4-8(10)2/h7-8H,3-6,9H2,1-2H3. The molecular formula is C8H18N2. The summed E-state index contributed by atoms with van der Waals surface area (Å²) in [6.45, 7) is 6.84. The van der Waals surface area contributed by atoms with Crippen LogP contribution in [-0.2, 0) is 0 Å². The minimum Gasteiger partial charge on any atom is -0.328 e. The highest BCUT2D eigenvalue weighted by molar-refractivity contribution is 4.78. The lowest BCUT2D eigenvalue weighted by Crippen LogP contribution is -2.46. The molecule has 60 valence electrons. The van der Waals surface area contributed by atoms with Gasteiger partial charge in [-0.15, -0.1) is 0 Å². The Kier molecular flexibility index (Phi) is 2.69. The second-order valence-corrected chi connectivity index (χ2v) is 3.44. The van der Waals surface area contributed by atoms with Gasteiger partial charge in [0, 0.05) is 12.1 Å². The maximum Gasteiger partial charge on any atom is 0.00791 e. The van der Waals surface area contributed by atoms with Crippen molar-refractivity contribution in [3.63, 3.8) is 0 Å². The van der Waals surface area contributed by atoms with E-state index in [0.717, 1.165) is 12.5 Å². The zero-order valence-electron chi connectivity index (χ0n) is 7.01. The summed E-state index contributed by atoms with van der Waals surface area (Å²) < 4.78 is 0. The summed E-state index contributed by atoms with van der Waals surface area (Å²) in [5, 5.41) is 0. The van der Waals surface area contributed by atoms with Crippen molar-refractivity contribution in [2.24, 2.45) is 5.73 Å². The lowest BCUT2D eigenvalue weighted by Gasteiger charge is -2.39. The van der Waals surface area contributed by atoms with E-state index < -0.39 is 0 Å². The Morgan fingerprint density at radius 1 is 1.70 bits per heavy atom. The first-order chi connectivity index (χ1) is 4.70. The zero-order chi connectivity index (χ0) is 7.56. The molecule has 2 unspecified atom stereocenters. The van der Waals surface area contributed by atoms with Crippen LogP contribution in [0.3, 0.4) is 0 Å². The van der Waals surface area contributed by atoms with Crippen LogP contribution >= 0.6 is 0 Å². The predicted octanol–water partition coefficient (Wildman–Crippen LogP) is 0.818. The monoisotopic (exact) mass is 142 g/mol. The van der Waals surface area contributed by atoms with Gasteiger partial charge in [0.25, 0.3) is 0 Å². The normalized spacial score (nSPS) is 29.7. The van der Waals surface area contributed by atoms with Gasteiger partial charge in [0.05, 0.1) is 0 Å². The second-order valence-electron chi connectivity index (χ2n) is 3.44. The van der Waals surface area contributed by atoms with Gasteiger partial charge in [-0.3, -0.25) is 0 Å². The fourth-order valence-electron chi connectivity index (χ4n) is 1.27. The Bertz CT molecular complexity index is 101. The van der Waals surface area contributed by atoms with Gasteiger partial charge in [0.1, 0.15) is 0 Å². The molecule has 0 aliphatic carbocycles. The van der Waals surface area contributed by atoms with E-state index in [1.807, 2.05) is 0 Å². The van der Waals surface area contributed by atoms with Crippen molar-refractivity contribution in [1.82, 2.24) is 4.90 Å². The van der Waals surface area contributed by atoms with Gasteiger partial charge >= 0.3 is 0 Å². The topological polar surface area (TPSA) is 29.3 Å². The van der Waals surface area contributed by atoms with Crippen LogP contribution in [0.5, 0.6) is 0 Å². The zero-order valence-corrected chi connectivity index (χ0v) is 7.01. The molecule has 0 spiro atoms. The molecule has 2 N–H and O–H groups in total. The third kappa shape index (κ3) is 1.96. The summed E-state index contributed by atoms with van der Waals surface area (Å²) in [4.78, 5) is 2.49. The lowest BCUT2D eigenvalue weighted by molar-refractivity contribution is 0.101. The van der Waals surface area contributed by atoms with Crippen molar-refractivity contribution in [3.05, 3.63) is 0 Å². The molecule has 0 radical (unpaired) electrons. The molecule has 2 nitrogen and oxygen atoms in total. The highest BCUT2D eigenvalue weighted by atomic mass is 15.2. The molecule has 1 aliphatic heterocycles. The second kappa shape index (κ2) is 3.35. The Labute approximate surface area is 63.4 Å². The van der Waals surface area contributed by atoms with Crippen LogP contribution in [0.1, 0.15) is 26.7 Å². The summed E-state index contributed by atoms with van der Waals surface area (Å²) in [5.74, 6) is 0. The number of nitrogens with two attached hydrogens (primary N) is 1. The van der Waals surface area contributed by atoms with E-state index in [1.165, 1.54) is 19.5 Å². The van der Waals surface area contributed by atoms with Crippen LogP contribution in [0, 0.1) is 0 Å². The molecule has 0 amide bonds. The van der Waals surface area contributed by atoms with Gasteiger partial charge in [-0.25, -0.2) is 0 Å². The molecule has 1 saturated heterocycles. The quantitative estimate of drug-likeness (QED) is 0.632. The number of hydrogen-bond acceptors (Lipinski definition) is 2. The maximum atomic E-state index is 5.64. The van der Waals surface area contributed by atoms with Crippen LogP contribution in [0.25, 0.3) is 0 Å². The van der Waals surface area contributed by atoms with Gasteiger partial charge < -0.3 is 10.6 Å². The van der Waals surface area contributed by atoms with Crippen molar-refractivity contribution in [3.8, 4) is 0 Å². The largest absolute Gasteiger partial charge is 0.328 e. The Morgan fingerprint density at radius 3 is 2.70 bits per heavy atom. The highest BCUT2D eigenvalue weighted by Gasteiger charge is 2.22. The van der Waals surface area contributed by atoms with Crippen LogP contribution in [0.15, 0.2) is 0 Å². The van der Waals surface area contributed by atoms with Crippen molar-refractivity contribution in [2.45, 2.75) is 38.8 Å². The van der Waals surface area contributed by atoms with Crippen LogP contribution in [0.2, 0.25) is 0 Å². The van der Waals surface area contributed by atoms with Crippen LogP contribution < -0.4 is 5.73 Å². The van der Waals surface area contributed by atoms with E-state index in [2.05, 4.69) is 18.7 Å². The number of rotatable bonds is 3. The predicted molar refractivity (Wildman–Crippen MR) is 43.9 cm³/mol. The molecule has 2 heteroatoms. The van der Waals surface area contributed by atoms with E-state index in [0.29, 0.717) is 6.04 Å². The van der Waals surface area contributed by atoms with E-state index in [4.69, 9.17) is 5.73 Å². The fourth-order valence-corrected chi connectivity index (χ4v) is 1.27. The first-order valence-electron chi connectivity index (χ1n) is 4.20. The van der Waals surface area contributed by atoms with Gasteiger partial charge in [-0.1, -0.05) is 0 Å². The molecule has 2 atom stereocenters. The van der Waals surface area contributed by atoms with Crippen LogP contribution in [-0.4, -0.2) is 30.1 Å².